The van der Waals surface area contributed by atoms with Gasteiger partial charge >= 0.3 is 0 Å². The maximum atomic E-state index is 7.57. The predicted molar refractivity (Wildman–Crippen MR) is 97.7 cm³/mol. The average molecular weight is 342 g/mol. The van der Waals surface area contributed by atoms with Gasteiger partial charge in [0.1, 0.15) is 12.2 Å². The second kappa shape index (κ2) is 9.11. The van der Waals surface area contributed by atoms with Crippen LogP contribution in [0.4, 0.5) is 0 Å². The van der Waals surface area contributed by atoms with Gasteiger partial charge in [0.15, 0.2) is 0 Å². The Bertz CT molecular complexity index is 607. The first-order chi connectivity index (χ1) is 12.3. The summed E-state index contributed by atoms with van der Waals surface area (Å²) in [7, 11) is 0. The summed E-state index contributed by atoms with van der Waals surface area (Å²) >= 11 is 0. The Hall–Kier alpha value is -1.72. The third-order valence-electron chi connectivity index (χ3n) is 4.12. The van der Waals surface area contributed by atoms with E-state index in [0.717, 1.165) is 32.8 Å². The molecule has 5 rings (SSSR count). The molecule has 0 radical (unpaired) electrons. The monoisotopic (exact) mass is 342 g/mol. The Balaban J connectivity index is 0.000000133. The van der Waals surface area contributed by atoms with Crippen LogP contribution in [0.2, 0.25) is 0 Å². The van der Waals surface area contributed by atoms with E-state index in [1.54, 1.807) is 6.92 Å². The summed E-state index contributed by atoms with van der Waals surface area (Å²) < 4.78 is 15.1. The van der Waals surface area contributed by atoms with Crippen LogP contribution >= 0.6 is 0 Å². The molecule has 1 N–H and O–H groups in total. The van der Waals surface area contributed by atoms with Crippen molar-refractivity contribution in [1.82, 2.24) is 0 Å². The molecule has 0 aromatic heterocycles. The number of aliphatic hydroxyl groups is 1. The summed E-state index contributed by atoms with van der Waals surface area (Å²) in [5.41, 5.74) is 5.75. The summed E-state index contributed by atoms with van der Waals surface area (Å²) in [5.74, 6) is 0. The highest BCUT2D eigenvalue weighted by Crippen LogP contribution is 2.35. The number of hydrogen-bond acceptors (Lipinski definition) is 4. The van der Waals surface area contributed by atoms with Gasteiger partial charge in [-0.2, -0.15) is 0 Å². The molecule has 4 heteroatoms. The van der Waals surface area contributed by atoms with Crippen molar-refractivity contribution in [2.75, 3.05) is 33.0 Å². The first-order valence-electron chi connectivity index (χ1n) is 8.89. The van der Waals surface area contributed by atoms with Crippen LogP contribution in [-0.4, -0.2) is 50.3 Å². The first-order valence-corrected chi connectivity index (χ1v) is 8.89. The number of rotatable bonds is 4. The van der Waals surface area contributed by atoms with E-state index in [9.17, 15) is 0 Å². The van der Waals surface area contributed by atoms with Crippen LogP contribution in [0.3, 0.4) is 0 Å². The molecule has 4 nitrogen and oxygen atoms in total. The van der Waals surface area contributed by atoms with E-state index in [2.05, 4.69) is 48.5 Å². The van der Waals surface area contributed by atoms with Gasteiger partial charge in [0.2, 0.25) is 0 Å². The molecule has 2 fully saturated rings. The predicted octanol–water partition coefficient (Wildman–Crippen LogP) is 3.06. The fraction of sp³-hybridized carbons (Fsp3) is 0.429. The lowest BCUT2D eigenvalue weighted by molar-refractivity contribution is 0.102. The number of epoxide rings is 2. The van der Waals surface area contributed by atoms with E-state index in [1.807, 2.05) is 0 Å². The van der Waals surface area contributed by atoms with Gasteiger partial charge in [0.05, 0.1) is 26.4 Å². The minimum absolute atomic E-state index is 0.250. The highest BCUT2D eigenvalue weighted by molar-refractivity contribution is 5.76. The molecular weight excluding hydrogens is 316 g/mol. The molecule has 1 aliphatic carbocycles. The molecule has 25 heavy (non-hydrogen) atoms. The number of fused-ring (bicyclic) bond motifs is 3. The van der Waals surface area contributed by atoms with E-state index >= 15 is 0 Å². The maximum absolute atomic E-state index is 7.57. The molecule has 0 spiro atoms. The second-order valence-electron chi connectivity index (χ2n) is 6.26. The van der Waals surface area contributed by atoms with Gasteiger partial charge in [0.25, 0.3) is 0 Å². The summed E-state index contributed by atoms with van der Waals surface area (Å²) in [5, 5.41) is 7.57. The van der Waals surface area contributed by atoms with Crippen LogP contribution in [0.15, 0.2) is 48.5 Å². The number of benzene rings is 2. The summed E-state index contributed by atoms with van der Waals surface area (Å²) in [6.07, 6.45) is 1.89. The smallest absolute Gasteiger partial charge is 0.104 e. The van der Waals surface area contributed by atoms with Gasteiger partial charge in [0, 0.05) is 6.61 Å². The molecule has 2 unspecified atom stereocenters. The van der Waals surface area contributed by atoms with Crippen LogP contribution in [-0.2, 0) is 20.6 Å². The fourth-order valence-corrected chi connectivity index (χ4v) is 2.74. The lowest BCUT2D eigenvalue weighted by Gasteiger charge is -1.98. The van der Waals surface area contributed by atoms with Crippen molar-refractivity contribution in [3.05, 3.63) is 59.7 Å². The quantitative estimate of drug-likeness (QED) is 0.741. The Labute approximate surface area is 149 Å². The number of ether oxygens (including phenoxy) is 3. The Morgan fingerprint density at radius 2 is 1.28 bits per heavy atom. The van der Waals surface area contributed by atoms with Crippen molar-refractivity contribution in [2.24, 2.45) is 0 Å². The van der Waals surface area contributed by atoms with Gasteiger partial charge in [-0.3, -0.25) is 0 Å². The zero-order chi connectivity index (χ0) is 17.5. The molecule has 0 amide bonds. The largest absolute Gasteiger partial charge is 0.397 e. The van der Waals surface area contributed by atoms with Gasteiger partial charge in [-0.15, -0.1) is 0 Å². The fourth-order valence-electron chi connectivity index (χ4n) is 2.74. The standard InChI is InChI=1S/C13H10.C6H10O3.C2H6O/c1-3-7-12-10(5-1)9-11-6-2-4-8-13(11)12;1(5-3-8-5)7-2-6-4-9-6;1-2-3/h1-8H,9H2;5-6H,1-4H2;3H,2H2,1H3. The van der Waals surface area contributed by atoms with Crippen molar-refractivity contribution in [1.29, 1.82) is 0 Å². The minimum atomic E-state index is 0.250. The molecule has 2 atom stereocenters. The zero-order valence-corrected chi connectivity index (χ0v) is 14.7. The van der Waals surface area contributed by atoms with Gasteiger partial charge in [-0.05, 0) is 35.6 Å². The maximum Gasteiger partial charge on any atom is 0.104 e. The number of aliphatic hydroxyl groups excluding tert-OH is 1. The van der Waals surface area contributed by atoms with Crippen LogP contribution in [0.1, 0.15) is 18.1 Å². The van der Waals surface area contributed by atoms with Gasteiger partial charge < -0.3 is 19.3 Å². The first kappa shape index (κ1) is 18.1. The molecule has 0 saturated carbocycles. The Kier molecular flexibility index (Phi) is 6.59. The summed E-state index contributed by atoms with van der Waals surface area (Å²) in [6.45, 7) is 5.19. The lowest BCUT2D eigenvalue weighted by Crippen LogP contribution is -2.06. The molecule has 2 saturated heterocycles. The number of hydrogen-bond donors (Lipinski definition) is 1. The van der Waals surface area contributed by atoms with E-state index < -0.39 is 0 Å². The van der Waals surface area contributed by atoms with Crippen LogP contribution in [0.25, 0.3) is 11.1 Å². The molecule has 0 bridgehead atoms. The van der Waals surface area contributed by atoms with E-state index in [1.165, 1.54) is 22.3 Å². The molecule has 2 aliphatic heterocycles. The van der Waals surface area contributed by atoms with E-state index in [-0.39, 0.29) is 6.61 Å². The normalized spacial score (nSPS) is 21.0. The molecule has 3 aliphatic rings. The van der Waals surface area contributed by atoms with Crippen molar-refractivity contribution < 1.29 is 19.3 Å². The Morgan fingerprint density at radius 3 is 1.68 bits per heavy atom. The zero-order valence-electron chi connectivity index (χ0n) is 14.7. The molecule has 134 valence electrons. The lowest BCUT2D eigenvalue weighted by atomic mass is 10.1. The molecule has 2 aromatic rings. The van der Waals surface area contributed by atoms with Crippen molar-refractivity contribution >= 4 is 0 Å². The SMILES string of the molecule is C(OCC1CO1)C1CO1.CCO.c1ccc2c(c1)Cc1ccccc1-2. The molecule has 2 heterocycles. The van der Waals surface area contributed by atoms with Gasteiger partial charge in [-0.1, -0.05) is 48.5 Å². The van der Waals surface area contributed by atoms with Crippen molar-refractivity contribution in [3.63, 3.8) is 0 Å². The highest BCUT2D eigenvalue weighted by Gasteiger charge is 2.26. The third-order valence-corrected chi connectivity index (χ3v) is 4.12. The average Bonchev–Trinajstić information content (AvgIpc) is 3.56. The summed E-state index contributed by atoms with van der Waals surface area (Å²) in [6, 6.07) is 17.3. The van der Waals surface area contributed by atoms with E-state index in [0.29, 0.717) is 12.2 Å². The summed E-state index contributed by atoms with van der Waals surface area (Å²) in [4.78, 5) is 0. The topological polar surface area (TPSA) is 54.5 Å². The second-order valence-corrected chi connectivity index (χ2v) is 6.26. The van der Waals surface area contributed by atoms with Crippen molar-refractivity contribution in [3.8, 4) is 11.1 Å². The third kappa shape index (κ3) is 5.65. The van der Waals surface area contributed by atoms with Crippen LogP contribution < -0.4 is 0 Å². The molecular formula is C21H26O4. The van der Waals surface area contributed by atoms with Crippen molar-refractivity contribution in [2.45, 2.75) is 25.6 Å². The van der Waals surface area contributed by atoms with E-state index in [4.69, 9.17) is 19.3 Å². The minimum Gasteiger partial charge on any atom is -0.397 e. The Morgan fingerprint density at radius 1 is 0.880 bits per heavy atom. The van der Waals surface area contributed by atoms with Crippen LogP contribution in [0.5, 0.6) is 0 Å². The highest BCUT2D eigenvalue weighted by atomic mass is 16.6. The van der Waals surface area contributed by atoms with Gasteiger partial charge in [-0.25, -0.2) is 0 Å². The van der Waals surface area contributed by atoms with Crippen LogP contribution in [0, 0.1) is 0 Å². The molecule has 2 aromatic carbocycles.